The molecule has 2 aliphatic carbocycles. The number of benzene rings is 1. The molecule has 3 fully saturated rings. The lowest BCUT2D eigenvalue weighted by atomic mass is 9.82. The van der Waals surface area contributed by atoms with Crippen molar-refractivity contribution in [2.45, 2.75) is 57.2 Å². The lowest BCUT2D eigenvalue weighted by Gasteiger charge is -2.45. The number of morpholine rings is 1. The predicted molar refractivity (Wildman–Crippen MR) is 152 cm³/mol. The summed E-state index contributed by atoms with van der Waals surface area (Å²) in [7, 11) is 0. The highest BCUT2D eigenvalue weighted by Crippen LogP contribution is 2.35. The Kier molecular flexibility index (Phi) is 9.74. The molecule has 5 rings (SSSR count). The fraction of sp³-hybridized carbons (Fsp3) is 0.536. The van der Waals surface area contributed by atoms with Gasteiger partial charge in [-0.15, -0.1) is 11.3 Å². The lowest BCUT2D eigenvalue weighted by molar-refractivity contribution is -0.126. The third-order valence-electron chi connectivity index (χ3n) is 7.91. The molecule has 0 radical (unpaired) electrons. The highest BCUT2D eigenvalue weighted by molar-refractivity contribution is 7.18. The molecule has 9 nitrogen and oxygen atoms in total. The van der Waals surface area contributed by atoms with E-state index in [1.807, 2.05) is 0 Å². The van der Waals surface area contributed by atoms with Crippen molar-refractivity contribution < 1.29 is 32.6 Å². The van der Waals surface area contributed by atoms with Crippen LogP contribution in [0.25, 0.3) is 0 Å². The first-order valence-electron chi connectivity index (χ1n) is 13.9. The van der Waals surface area contributed by atoms with Crippen LogP contribution in [0.5, 0.6) is 5.75 Å². The molecule has 222 valence electrons. The highest BCUT2D eigenvalue weighted by atomic mass is 35.5. The number of rotatable bonds is 12. The molecule has 2 N–H and O–H groups in total. The molecule has 1 atom stereocenters. The summed E-state index contributed by atoms with van der Waals surface area (Å²) in [6.45, 7) is -2.00. The summed E-state index contributed by atoms with van der Waals surface area (Å²) in [6.07, 6.45) is 6.40. The van der Waals surface area contributed by atoms with E-state index in [1.165, 1.54) is 23.5 Å². The van der Waals surface area contributed by atoms with Crippen molar-refractivity contribution in [2.75, 3.05) is 43.1 Å². The minimum absolute atomic E-state index is 0.0736. The molecular formula is C28H33ClF2N4O5S. The van der Waals surface area contributed by atoms with Crippen LogP contribution in [0.4, 0.5) is 20.2 Å². The van der Waals surface area contributed by atoms with Crippen molar-refractivity contribution >= 4 is 52.0 Å². The Morgan fingerprint density at radius 3 is 2.56 bits per heavy atom. The Labute approximate surface area is 246 Å². The van der Waals surface area contributed by atoms with Crippen LogP contribution in [0.1, 0.15) is 48.2 Å². The van der Waals surface area contributed by atoms with Crippen LogP contribution in [-0.4, -0.2) is 74.2 Å². The molecule has 3 aliphatic rings. The van der Waals surface area contributed by atoms with Crippen LogP contribution in [-0.2, 0) is 14.3 Å². The van der Waals surface area contributed by atoms with Crippen molar-refractivity contribution in [2.24, 2.45) is 5.92 Å². The predicted octanol–water partition coefficient (Wildman–Crippen LogP) is 4.76. The van der Waals surface area contributed by atoms with Crippen LogP contribution in [0, 0.1) is 5.92 Å². The maximum atomic E-state index is 13.8. The van der Waals surface area contributed by atoms with Gasteiger partial charge >= 0.3 is 6.61 Å². The molecule has 1 saturated heterocycles. The monoisotopic (exact) mass is 610 g/mol. The molecule has 0 unspecified atom stereocenters. The summed E-state index contributed by atoms with van der Waals surface area (Å²) in [4.78, 5) is 43.0. The minimum Gasteiger partial charge on any atom is -0.433 e. The number of nitrogens with one attached hydrogen (secondary N) is 2. The Bertz CT molecular complexity index is 1260. The van der Waals surface area contributed by atoms with Gasteiger partial charge in [0.15, 0.2) is 5.75 Å². The number of halogens is 3. The second-order valence-corrected chi connectivity index (χ2v) is 12.3. The first-order chi connectivity index (χ1) is 19.8. The van der Waals surface area contributed by atoms with Gasteiger partial charge in [-0.2, -0.15) is 8.78 Å². The Morgan fingerprint density at radius 1 is 1.17 bits per heavy atom. The molecule has 1 aliphatic heterocycles. The molecule has 0 bridgehead atoms. The first kappa shape index (κ1) is 29.7. The van der Waals surface area contributed by atoms with Gasteiger partial charge in [-0.3, -0.25) is 19.3 Å². The van der Waals surface area contributed by atoms with Gasteiger partial charge < -0.3 is 25.0 Å². The number of nitrogens with zero attached hydrogens (tertiary/aromatic N) is 2. The highest BCUT2D eigenvalue weighted by Gasteiger charge is 2.37. The van der Waals surface area contributed by atoms with Crippen molar-refractivity contribution in [3.05, 3.63) is 39.5 Å². The molecule has 13 heteroatoms. The number of alkyl halides is 2. The number of carbonyl (C=O) groups is 3. The zero-order valence-electron chi connectivity index (χ0n) is 22.5. The average Bonchev–Trinajstić information content (AvgIpc) is 3.31. The zero-order chi connectivity index (χ0) is 28.9. The summed E-state index contributed by atoms with van der Waals surface area (Å²) >= 11 is 7.16. The van der Waals surface area contributed by atoms with Gasteiger partial charge in [0, 0.05) is 37.4 Å². The number of hydrogen-bond donors (Lipinski definition) is 2. The van der Waals surface area contributed by atoms with Crippen molar-refractivity contribution in [3.8, 4) is 5.75 Å². The van der Waals surface area contributed by atoms with E-state index in [4.69, 9.17) is 21.1 Å². The van der Waals surface area contributed by atoms with Crippen LogP contribution in [0.3, 0.4) is 0 Å². The SMILES string of the molecule is O=C(NC[C@H](C(=O)Nc1ccc(N2CCOCC2=O)c(OC(F)F)c1)N(CC1CCC1)C1CCC1)c1ccc(Cl)s1. The summed E-state index contributed by atoms with van der Waals surface area (Å²) in [6, 6.07) is 7.16. The van der Waals surface area contributed by atoms with Gasteiger partial charge in [0.1, 0.15) is 12.6 Å². The molecule has 3 amide bonds. The Morgan fingerprint density at radius 2 is 1.95 bits per heavy atom. The molecule has 0 spiro atoms. The van der Waals surface area contributed by atoms with Crippen molar-refractivity contribution in [1.82, 2.24) is 10.2 Å². The normalized spacial score (nSPS) is 18.7. The summed E-state index contributed by atoms with van der Waals surface area (Å²) in [5.41, 5.74) is 0.421. The number of hydrogen-bond acceptors (Lipinski definition) is 7. The van der Waals surface area contributed by atoms with Crippen molar-refractivity contribution in [3.63, 3.8) is 0 Å². The van der Waals surface area contributed by atoms with E-state index in [9.17, 15) is 23.2 Å². The van der Waals surface area contributed by atoms with Gasteiger partial charge in [-0.1, -0.05) is 24.4 Å². The van der Waals surface area contributed by atoms with E-state index in [0.717, 1.165) is 50.0 Å². The largest absolute Gasteiger partial charge is 0.433 e. The van der Waals surface area contributed by atoms with Crippen molar-refractivity contribution in [1.29, 1.82) is 0 Å². The fourth-order valence-electron chi connectivity index (χ4n) is 5.30. The lowest BCUT2D eigenvalue weighted by Crippen LogP contribution is -2.57. The average molecular weight is 611 g/mol. The third kappa shape index (κ3) is 7.35. The van der Waals surface area contributed by atoms with Crippen LogP contribution in [0.15, 0.2) is 30.3 Å². The third-order valence-corrected chi connectivity index (χ3v) is 9.14. The topological polar surface area (TPSA) is 100 Å². The molecular weight excluding hydrogens is 578 g/mol. The van der Waals surface area contributed by atoms with E-state index in [0.29, 0.717) is 15.1 Å². The van der Waals surface area contributed by atoms with Gasteiger partial charge in [0.25, 0.3) is 11.8 Å². The van der Waals surface area contributed by atoms with Gasteiger partial charge in [-0.25, -0.2) is 0 Å². The Hall–Kier alpha value is -2.80. The molecule has 2 saturated carbocycles. The van der Waals surface area contributed by atoms with E-state index < -0.39 is 12.7 Å². The Balaban J connectivity index is 1.37. The first-order valence-corrected chi connectivity index (χ1v) is 15.0. The van der Waals surface area contributed by atoms with Gasteiger partial charge in [0.05, 0.1) is 21.5 Å². The quantitative estimate of drug-likeness (QED) is 0.360. The summed E-state index contributed by atoms with van der Waals surface area (Å²) < 4.78 is 37.0. The van der Waals surface area contributed by atoms with Gasteiger partial charge in [-0.05, 0) is 55.9 Å². The van der Waals surface area contributed by atoms with E-state index >= 15 is 0 Å². The van der Waals surface area contributed by atoms with E-state index in [-0.39, 0.29) is 67.2 Å². The smallest absolute Gasteiger partial charge is 0.387 e. The number of carbonyl (C=O) groups excluding carboxylic acids is 3. The molecule has 1 aromatic carbocycles. The van der Waals surface area contributed by atoms with E-state index in [2.05, 4.69) is 15.5 Å². The fourth-order valence-corrected chi connectivity index (χ4v) is 6.26. The number of anilines is 2. The summed E-state index contributed by atoms with van der Waals surface area (Å²) in [5, 5.41) is 5.75. The summed E-state index contributed by atoms with van der Waals surface area (Å²) in [5.74, 6) is -0.781. The molecule has 2 heterocycles. The van der Waals surface area contributed by atoms with Crippen LogP contribution >= 0.6 is 22.9 Å². The molecule has 41 heavy (non-hydrogen) atoms. The molecule has 1 aromatic heterocycles. The van der Waals surface area contributed by atoms with Crippen LogP contribution < -0.4 is 20.3 Å². The number of amides is 3. The van der Waals surface area contributed by atoms with Gasteiger partial charge in [0.2, 0.25) is 5.91 Å². The second kappa shape index (κ2) is 13.5. The molecule has 2 aromatic rings. The van der Waals surface area contributed by atoms with E-state index in [1.54, 1.807) is 18.2 Å². The second-order valence-electron chi connectivity index (χ2n) is 10.6. The standard InChI is InChI=1S/C28H33ClF2N4O5S/c29-24-10-9-23(41-24)27(38)32-14-21(35(19-5-2-6-19)15-17-3-1-4-17)26(37)33-18-7-8-20(22(13-18)40-28(30)31)34-11-12-39-16-25(34)36/h7-10,13,17,19,21,28H,1-6,11-12,14-16H2,(H,32,38)(H,33,37)/t21-/m1/s1. The van der Waals surface area contributed by atoms with Crippen LogP contribution in [0.2, 0.25) is 4.34 Å². The number of thiophene rings is 1. The zero-order valence-corrected chi connectivity index (χ0v) is 24.0. The maximum absolute atomic E-state index is 13.8. The maximum Gasteiger partial charge on any atom is 0.387 e. The number of ether oxygens (including phenoxy) is 2. The minimum atomic E-state index is -3.12.